The number of benzene rings is 2. The van der Waals surface area contributed by atoms with Crippen molar-refractivity contribution in [1.29, 1.82) is 0 Å². The second kappa shape index (κ2) is 6.84. The molecule has 122 valence electrons. The lowest BCUT2D eigenvalue weighted by Gasteiger charge is -2.07. The molecule has 1 heterocycles. The third-order valence-electron chi connectivity index (χ3n) is 3.56. The molecule has 1 amide bonds. The van der Waals surface area contributed by atoms with Gasteiger partial charge in [-0.1, -0.05) is 41.0 Å². The molecule has 0 radical (unpaired) electrons. The van der Waals surface area contributed by atoms with Crippen molar-refractivity contribution in [3.05, 3.63) is 76.3 Å². The average Bonchev–Trinajstić information content (AvgIpc) is 2.95. The summed E-state index contributed by atoms with van der Waals surface area (Å²) in [6.45, 7) is 1.91. The van der Waals surface area contributed by atoms with Crippen LogP contribution in [-0.2, 0) is 6.54 Å². The van der Waals surface area contributed by atoms with Gasteiger partial charge in [-0.25, -0.2) is 4.39 Å². The van der Waals surface area contributed by atoms with Gasteiger partial charge in [0.15, 0.2) is 0 Å². The highest BCUT2D eigenvalue weighted by molar-refractivity contribution is 6.30. The molecule has 4 nitrogen and oxygen atoms in total. The largest absolute Gasteiger partial charge is 0.360 e. The molecule has 0 aliphatic heterocycles. The Kier molecular flexibility index (Phi) is 4.62. The van der Waals surface area contributed by atoms with Crippen LogP contribution in [0.3, 0.4) is 0 Å². The van der Waals surface area contributed by atoms with Crippen LogP contribution in [0.15, 0.2) is 53.1 Å². The van der Waals surface area contributed by atoms with Gasteiger partial charge in [0, 0.05) is 17.1 Å². The van der Waals surface area contributed by atoms with Crippen LogP contribution in [0.2, 0.25) is 5.02 Å². The Labute approximate surface area is 143 Å². The van der Waals surface area contributed by atoms with E-state index in [2.05, 4.69) is 10.5 Å². The van der Waals surface area contributed by atoms with Crippen molar-refractivity contribution in [2.75, 3.05) is 0 Å². The standard InChI is InChI=1S/C18H14ClFN2O2/c1-11-16(17(22-24-11)14-7-2-3-8-15(14)20)18(23)21-10-12-5-4-6-13(19)9-12/h2-9H,10H2,1H3,(H,21,23). The minimum atomic E-state index is -0.463. The highest BCUT2D eigenvalue weighted by Crippen LogP contribution is 2.27. The van der Waals surface area contributed by atoms with E-state index in [1.165, 1.54) is 6.07 Å². The van der Waals surface area contributed by atoms with Gasteiger partial charge in [-0.05, 0) is 36.8 Å². The Morgan fingerprint density at radius 3 is 2.79 bits per heavy atom. The number of halogens is 2. The Morgan fingerprint density at radius 2 is 2.04 bits per heavy atom. The Balaban J connectivity index is 1.85. The van der Waals surface area contributed by atoms with Crippen molar-refractivity contribution in [2.24, 2.45) is 0 Å². The molecule has 0 fully saturated rings. The molecule has 3 rings (SSSR count). The number of carbonyl (C=O) groups excluding carboxylic acids is 1. The molecule has 0 bridgehead atoms. The summed E-state index contributed by atoms with van der Waals surface area (Å²) in [6, 6.07) is 13.3. The van der Waals surface area contributed by atoms with E-state index in [0.717, 1.165) is 5.56 Å². The topological polar surface area (TPSA) is 55.1 Å². The number of amides is 1. The summed E-state index contributed by atoms with van der Waals surface area (Å²) >= 11 is 5.93. The lowest BCUT2D eigenvalue weighted by Crippen LogP contribution is -2.23. The predicted molar refractivity (Wildman–Crippen MR) is 89.3 cm³/mol. The third kappa shape index (κ3) is 3.31. The van der Waals surface area contributed by atoms with Gasteiger partial charge >= 0.3 is 0 Å². The minimum absolute atomic E-state index is 0.189. The van der Waals surface area contributed by atoms with Crippen LogP contribution in [-0.4, -0.2) is 11.1 Å². The van der Waals surface area contributed by atoms with Gasteiger partial charge in [-0.3, -0.25) is 4.79 Å². The van der Waals surface area contributed by atoms with E-state index in [-0.39, 0.29) is 22.7 Å². The first-order valence-corrected chi connectivity index (χ1v) is 7.68. The van der Waals surface area contributed by atoms with Crippen LogP contribution < -0.4 is 5.32 Å². The number of nitrogens with one attached hydrogen (secondary N) is 1. The van der Waals surface area contributed by atoms with E-state index in [1.807, 2.05) is 6.07 Å². The second-order valence-corrected chi connectivity index (χ2v) is 5.69. The molecule has 0 aliphatic rings. The smallest absolute Gasteiger partial charge is 0.257 e. The van der Waals surface area contributed by atoms with E-state index in [4.69, 9.17) is 16.1 Å². The maximum absolute atomic E-state index is 14.0. The van der Waals surface area contributed by atoms with Crippen molar-refractivity contribution in [3.8, 4) is 11.3 Å². The summed E-state index contributed by atoms with van der Waals surface area (Å²) in [5, 5.41) is 7.21. The fourth-order valence-electron chi connectivity index (χ4n) is 2.39. The summed E-state index contributed by atoms with van der Waals surface area (Å²) in [5.74, 6) is -0.515. The summed E-state index contributed by atoms with van der Waals surface area (Å²) in [5.41, 5.74) is 1.50. The molecule has 0 spiro atoms. The minimum Gasteiger partial charge on any atom is -0.360 e. The molecule has 2 aromatic carbocycles. The fourth-order valence-corrected chi connectivity index (χ4v) is 2.61. The van der Waals surface area contributed by atoms with E-state index in [9.17, 15) is 9.18 Å². The summed E-state index contributed by atoms with van der Waals surface area (Å²) < 4.78 is 19.1. The van der Waals surface area contributed by atoms with Crippen LogP contribution in [0, 0.1) is 12.7 Å². The Morgan fingerprint density at radius 1 is 1.25 bits per heavy atom. The molecular formula is C18H14ClFN2O2. The molecule has 0 saturated carbocycles. The van der Waals surface area contributed by atoms with Crippen LogP contribution in [0.4, 0.5) is 4.39 Å². The summed E-state index contributed by atoms with van der Waals surface area (Å²) in [4.78, 5) is 12.5. The first kappa shape index (κ1) is 16.2. The van der Waals surface area contributed by atoms with Gasteiger partial charge in [-0.2, -0.15) is 0 Å². The maximum atomic E-state index is 14.0. The van der Waals surface area contributed by atoms with E-state index in [0.29, 0.717) is 17.3 Å². The zero-order chi connectivity index (χ0) is 17.1. The van der Waals surface area contributed by atoms with Crippen molar-refractivity contribution >= 4 is 17.5 Å². The predicted octanol–water partition coefficient (Wildman–Crippen LogP) is 4.37. The summed E-state index contributed by atoms with van der Waals surface area (Å²) in [6.07, 6.45) is 0. The average molecular weight is 345 g/mol. The van der Waals surface area contributed by atoms with Crippen molar-refractivity contribution in [2.45, 2.75) is 13.5 Å². The Bertz CT molecular complexity index is 892. The number of hydrogen-bond acceptors (Lipinski definition) is 3. The highest BCUT2D eigenvalue weighted by atomic mass is 35.5. The molecule has 0 atom stereocenters. The first-order chi connectivity index (χ1) is 11.6. The van der Waals surface area contributed by atoms with E-state index < -0.39 is 5.82 Å². The number of aromatic nitrogens is 1. The van der Waals surface area contributed by atoms with Crippen molar-refractivity contribution in [1.82, 2.24) is 10.5 Å². The van der Waals surface area contributed by atoms with Gasteiger partial charge in [0.1, 0.15) is 22.8 Å². The molecular weight excluding hydrogens is 331 g/mol. The molecule has 1 aromatic heterocycles. The van der Waals surface area contributed by atoms with Crippen LogP contribution >= 0.6 is 11.6 Å². The van der Waals surface area contributed by atoms with E-state index in [1.54, 1.807) is 43.3 Å². The number of aryl methyl sites for hydroxylation is 1. The SMILES string of the molecule is Cc1onc(-c2ccccc2F)c1C(=O)NCc1cccc(Cl)c1. The molecule has 24 heavy (non-hydrogen) atoms. The molecule has 0 saturated heterocycles. The monoisotopic (exact) mass is 344 g/mol. The molecule has 1 N–H and O–H groups in total. The van der Waals surface area contributed by atoms with Gasteiger partial charge in [0.25, 0.3) is 5.91 Å². The van der Waals surface area contributed by atoms with Gasteiger partial charge in [0.05, 0.1) is 0 Å². The second-order valence-electron chi connectivity index (χ2n) is 5.25. The number of hydrogen-bond donors (Lipinski definition) is 1. The van der Waals surface area contributed by atoms with Gasteiger partial charge in [-0.15, -0.1) is 0 Å². The van der Waals surface area contributed by atoms with Gasteiger partial charge < -0.3 is 9.84 Å². The Hall–Kier alpha value is -2.66. The molecule has 6 heteroatoms. The number of carbonyl (C=O) groups is 1. The quantitative estimate of drug-likeness (QED) is 0.764. The lowest BCUT2D eigenvalue weighted by atomic mass is 10.0. The van der Waals surface area contributed by atoms with Crippen LogP contribution in [0.1, 0.15) is 21.7 Å². The maximum Gasteiger partial charge on any atom is 0.257 e. The first-order valence-electron chi connectivity index (χ1n) is 7.30. The summed E-state index contributed by atoms with van der Waals surface area (Å²) in [7, 11) is 0. The normalized spacial score (nSPS) is 10.6. The molecule has 0 unspecified atom stereocenters. The highest BCUT2D eigenvalue weighted by Gasteiger charge is 2.23. The fraction of sp³-hybridized carbons (Fsp3) is 0.111. The van der Waals surface area contributed by atoms with Crippen LogP contribution in [0.25, 0.3) is 11.3 Å². The number of rotatable bonds is 4. The van der Waals surface area contributed by atoms with Crippen molar-refractivity contribution in [3.63, 3.8) is 0 Å². The van der Waals surface area contributed by atoms with Crippen molar-refractivity contribution < 1.29 is 13.7 Å². The van der Waals surface area contributed by atoms with Gasteiger partial charge in [0.2, 0.25) is 0 Å². The van der Waals surface area contributed by atoms with Crippen LogP contribution in [0.5, 0.6) is 0 Å². The molecule has 3 aromatic rings. The lowest BCUT2D eigenvalue weighted by molar-refractivity contribution is 0.0950. The van der Waals surface area contributed by atoms with E-state index >= 15 is 0 Å². The zero-order valence-corrected chi connectivity index (χ0v) is 13.6. The zero-order valence-electron chi connectivity index (χ0n) is 12.8. The molecule has 0 aliphatic carbocycles. The third-order valence-corrected chi connectivity index (χ3v) is 3.80. The number of nitrogens with zero attached hydrogens (tertiary/aromatic N) is 1.